The predicted molar refractivity (Wildman–Crippen MR) is 64.2 cm³/mol. The number of anilines is 2. The van der Waals surface area contributed by atoms with Crippen molar-refractivity contribution in [1.29, 1.82) is 0 Å². The van der Waals surface area contributed by atoms with Gasteiger partial charge in [-0.1, -0.05) is 11.2 Å². The first-order valence-electron chi connectivity index (χ1n) is 5.25. The average molecular weight is 235 g/mol. The van der Waals surface area contributed by atoms with Crippen LogP contribution in [0.15, 0.2) is 28.8 Å². The Bertz CT molecular complexity index is 524. The summed E-state index contributed by atoms with van der Waals surface area (Å²) in [6.45, 7) is 2.35. The highest BCUT2D eigenvalue weighted by molar-refractivity contribution is 5.67. The van der Waals surface area contributed by atoms with Crippen LogP contribution < -0.4 is 10.6 Å². The van der Waals surface area contributed by atoms with E-state index in [0.29, 0.717) is 12.2 Å². The summed E-state index contributed by atoms with van der Waals surface area (Å²) in [5.74, 6) is 0.339. The third kappa shape index (κ3) is 2.38. The zero-order chi connectivity index (χ0) is 12.4. The third-order valence-corrected chi connectivity index (χ3v) is 2.52. The molecule has 2 N–H and O–H groups in total. The Morgan fingerprint density at radius 2 is 2.24 bits per heavy atom. The first-order chi connectivity index (χ1) is 8.08. The highest BCUT2D eigenvalue weighted by Gasteiger charge is 2.11. The molecule has 0 radical (unpaired) electrons. The van der Waals surface area contributed by atoms with E-state index in [1.54, 1.807) is 12.1 Å². The Balaban J connectivity index is 2.20. The molecule has 0 bridgehead atoms. The molecular weight excluding hydrogens is 221 g/mol. The average Bonchev–Trinajstić information content (AvgIpc) is 2.68. The molecule has 2 rings (SSSR count). The number of nitrogens with zero attached hydrogens (tertiary/aromatic N) is 2. The molecule has 4 nitrogen and oxygen atoms in total. The summed E-state index contributed by atoms with van der Waals surface area (Å²) in [6.07, 6.45) is 0. The van der Waals surface area contributed by atoms with Crippen molar-refractivity contribution in [2.24, 2.45) is 0 Å². The molecule has 0 aliphatic heterocycles. The smallest absolute Gasteiger partial charge is 0.148 e. The number of nitrogen functional groups attached to an aromatic ring is 1. The van der Waals surface area contributed by atoms with Crippen molar-refractivity contribution < 1.29 is 8.91 Å². The van der Waals surface area contributed by atoms with Crippen LogP contribution in [0.2, 0.25) is 0 Å². The molecule has 1 aromatic heterocycles. The van der Waals surface area contributed by atoms with Crippen molar-refractivity contribution >= 4 is 11.4 Å². The molecule has 1 heterocycles. The molecule has 90 valence electrons. The van der Waals surface area contributed by atoms with Gasteiger partial charge in [-0.25, -0.2) is 4.39 Å². The minimum atomic E-state index is -0.411. The molecule has 0 saturated heterocycles. The normalized spacial score (nSPS) is 10.5. The van der Waals surface area contributed by atoms with Gasteiger partial charge in [-0.2, -0.15) is 0 Å². The van der Waals surface area contributed by atoms with Crippen LogP contribution in [0.25, 0.3) is 0 Å². The first-order valence-corrected chi connectivity index (χ1v) is 5.25. The number of benzene rings is 1. The molecule has 1 aromatic carbocycles. The van der Waals surface area contributed by atoms with E-state index in [4.69, 9.17) is 10.3 Å². The van der Waals surface area contributed by atoms with Crippen LogP contribution in [0.3, 0.4) is 0 Å². The van der Waals surface area contributed by atoms with Gasteiger partial charge in [0.05, 0.1) is 17.9 Å². The minimum Gasteiger partial charge on any atom is -0.395 e. The Labute approximate surface area is 98.8 Å². The summed E-state index contributed by atoms with van der Waals surface area (Å²) in [4.78, 5) is 1.83. The predicted octanol–water partition coefficient (Wildman–Crippen LogP) is 2.34. The molecule has 0 atom stereocenters. The van der Waals surface area contributed by atoms with E-state index in [9.17, 15) is 4.39 Å². The van der Waals surface area contributed by atoms with E-state index >= 15 is 0 Å². The van der Waals surface area contributed by atoms with Gasteiger partial charge in [0.1, 0.15) is 17.3 Å². The van der Waals surface area contributed by atoms with Crippen LogP contribution in [-0.4, -0.2) is 12.2 Å². The van der Waals surface area contributed by atoms with Gasteiger partial charge in [-0.05, 0) is 19.1 Å². The number of aromatic nitrogens is 1. The molecule has 5 heteroatoms. The molecule has 0 saturated carbocycles. The molecule has 0 aliphatic rings. The summed E-state index contributed by atoms with van der Waals surface area (Å²) in [5, 5.41) is 3.88. The first kappa shape index (κ1) is 11.4. The topological polar surface area (TPSA) is 55.3 Å². The Morgan fingerprint density at radius 3 is 2.88 bits per heavy atom. The maximum Gasteiger partial charge on any atom is 0.148 e. The number of para-hydroxylation sites is 1. The van der Waals surface area contributed by atoms with Crippen molar-refractivity contribution in [3.05, 3.63) is 41.5 Å². The number of rotatable bonds is 3. The van der Waals surface area contributed by atoms with Gasteiger partial charge in [0.2, 0.25) is 0 Å². The molecule has 2 aromatic rings. The second kappa shape index (κ2) is 4.45. The van der Waals surface area contributed by atoms with E-state index in [-0.39, 0.29) is 5.69 Å². The van der Waals surface area contributed by atoms with E-state index < -0.39 is 5.82 Å². The second-order valence-electron chi connectivity index (χ2n) is 3.96. The quantitative estimate of drug-likeness (QED) is 0.829. The largest absolute Gasteiger partial charge is 0.395 e. The fourth-order valence-corrected chi connectivity index (χ4v) is 1.68. The lowest BCUT2D eigenvalue weighted by Crippen LogP contribution is -2.18. The van der Waals surface area contributed by atoms with E-state index in [0.717, 1.165) is 11.5 Å². The standard InChI is InChI=1S/C12H14FN3O/c1-8-6-9(15-17-8)7-16(2)11-5-3-4-10(13)12(11)14/h3-6H,7,14H2,1-2H3. The van der Waals surface area contributed by atoms with Crippen LogP contribution in [0.1, 0.15) is 11.5 Å². The summed E-state index contributed by atoms with van der Waals surface area (Å²) < 4.78 is 18.3. The lowest BCUT2D eigenvalue weighted by atomic mass is 10.2. The van der Waals surface area contributed by atoms with Gasteiger partial charge >= 0.3 is 0 Å². The van der Waals surface area contributed by atoms with Crippen molar-refractivity contribution in [3.63, 3.8) is 0 Å². The van der Waals surface area contributed by atoms with Crippen molar-refractivity contribution in [3.8, 4) is 0 Å². The molecule has 0 unspecified atom stereocenters. The molecule has 17 heavy (non-hydrogen) atoms. The van der Waals surface area contributed by atoms with E-state index in [1.165, 1.54) is 6.07 Å². The Kier molecular flexibility index (Phi) is 2.99. The van der Waals surface area contributed by atoms with Gasteiger partial charge in [0.15, 0.2) is 0 Å². The third-order valence-electron chi connectivity index (χ3n) is 2.52. The summed E-state index contributed by atoms with van der Waals surface area (Å²) in [7, 11) is 1.83. The Morgan fingerprint density at radius 1 is 1.47 bits per heavy atom. The van der Waals surface area contributed by atoms with Crippen LogP contribution in [0.5, 0.6) is 0 Å². The highest BCUT2D eigenvalue weighted by Crippen LogP contribution is 2.25. The number of hydrogen-bond donors (Lipinski definition) is 1. The van der Waals surface area contributed by atoms with E-state index in [1.807, 2.05) is 24.9 Å². The van der Waals surface area contributed by atoms with Crippen LogP contribution in [-0.2, 0) is 6.54 Å². The summed E-state index contributed by atoms with van der Waals surface area (Å²) >= 11 is 0. The zero-order valence-corrected chi connectivity index (χ0v) is 9.77. The number of aryl methyl sites for hydroxylation is 1. The fourth-order valence-electron chi connectivity index (χ4n) is 1.68. The number of nitrogens with two attached hydrogens (primary N) is 1. The fraction of sp³-hybridized carbons (Fsp3) is 0.250. The zero-order valence-electron chi connectivity index (χ0n) is 9.77. The SMILES string of the molecule is Cc1cc(CN(C)c2cccc(F)c2N)no1. The lowest BCUT2D eigenvalue weighted by molar-refractivity contribution is 0.390. The lowest BCUT2D eigenvalue weighted by Gasteiger charge is -2.19. The maximum absolute atomic E-state index is 13.3. The molecular formula is C12H14FN3O. The Hall–Kier alpha value is -2.04. The molecule has 0 spiro atoms. The summed E-state index contributed by atoms with van der Waals surface area (Å²) in [6, 6.07) is 6.58. The number of hydrogen-bond acceptors (Lipinski definition) is 4. The van der Waals surface area contributed by atoms with Crippen molar-refractivity contribution in [2.75, 3.05) is 17.7 Å². The van der Waals surface area contributed by atoms with Crippen LogP contribution in [0.4, 0.5) is 15.8 Å². The highest BCUT2D eigenvalue weighted by atomic mass is 19.1. The monoisotopic (exact) mass is 235 g/mol. The van der Waals surface area contributed by atoms with E-state index in [2.05, 4.69) is 5.16 Å². The minimum absolute atomic E-state index is 0.148. The van der Waals surface area contributed by atoms with Crippen LogP contribution in [0, 0.1) is 12.7 Å². The van der Waals surface area contributed by atoms with Gasteiger partial charge < -0.3 is 15.2 Å². The number of halogens is 1. The molecule has 0 fully saturated rings. The summed E-state index contributed by atoms with van der Waals surface area (Å²) in [5.41, 5.74) is 7.26. The van der Waals surface area contributed by atoms with Gasteiger partial charge in [-0.3, -0.25) is 0 Å². The van der Waals surface area contributed by atoms with Crippen molar-refractivity contribution in [2.45, 2.75) is 13.5 Å². The van der Waals surface area contributed by atoms with Gasteiger partial charge in [0, 0.05) is 13.1 Å². The van der Waals surface area contributed by atoms with Gasteiger partial charge in [0.25, 0.3) is 0 Å². The second-order valence-corrected chi connectivity index (χ2v) is 3.96. The molecule has 0 amide bonds. The van der Waals surface area contributed by atoms with Crippen LogP contribution >= 0.6 is 0 Å². The maximum atomic E-state index is 13.3. The van der Waals surface area contributed by atoms with Gasteiger partial charge in [-0.15, -0.1) is 0 Å². The van der Waals surface area contributed by atoms with Crippen molar-refractivity contribution in [1.82, 2.24) is 5.16 Å². The molecule has 0 aliphatic carbocycles.